The van der Waals surface area contributed by atoms with E-state index in [0.29, 0.717) is 36.3 Å². The first-order chi connectivity index (χ1) is 20.3. The quantitative estimate of drug-likeness (QED) is 0.200. The van der Waals surface area contributed by atoms with Crippen molar-refractivity contribution in [1.29, 1.82) is 0 Å². The maximum Gasteiger partial charge on any atom is 0.329 e. The molecular weight excluding hydrogens is 554 g/mol. The highest BCUT2D eigenvalue weighted by atomic mass is 16.6. The summed E-state index contributed by atoms with van der Waals surface area (Å²) in [7, 11) is 0. The Bertz CT molecular complexity index is 1420. The molecule has 4 N–H and O–H groups in total. The fourth-order valence-electron chi connectivity index (χ4n) is 8.58. The van der Waals surface area contributed by atoms with Gasteiger partial charge in [-0.3, -0.25) is 14.9 Å². The number of hydrogen-bond acceptors (Lipinski definition) is 8. The summed E-state index contributed by atoms with van der Waals surface area (Å²) in [6, 6.07) is 3.20. The van der Waals surface area contributed by atoms with E-state index in [4.69, 9.17) is 11.3 Å². The topological polar surface area (TPSA) is 172 Å². The van der Waals surface area contributed by atoms with Crippen LogP contribution in [0.2, 0.25) is 0 Å². The molecule has 0 spiro atoms. The molecule has 4 aliphatic rings. The summed E-state index contributed by atoms with van der Waals surface area (Å²) >= 11 is 0. The second-order valence-corrected chi connectivity index (χ2v) is 13.0. The highest BCUT2D eigenvalue weighted by Crippen LogP contribution is 2.67. The molecule has 4 aliphatic carbocycles. The van der Waals surface area contributed by atoms with Gasteiger partial charge in [0.25, 0.3) is 11.6 Å². The zero-order valence-corrected chi connectivity index (χ0v) is 24.5. The number of nitrogens with one attached hydrogen (secondary N) is 1. The number of benzene rings is 1. The maximum atomic E-state index is 12.5. The van der Waals surface area contributed by atoms with Crippen LogP contribution in [0.15, 0.2) is 41.1 Å². The number of carbonyl (C=O) groups is 2. The molecule has 1 aromatic rings. The largest absolute Gasteiger partial charge is 0.480 e. The van der Waals surface area contributed by atoms with Crippen molar-refractivity contribution < 1.29 is 34.7 Å². The minimum absolute atomic E-state index is 0.0167. The molecule has 1 aromatic carbocycles. The normalized spacial score (nSPS) is 35.3. The molecule has 0 aromatic heterocycles. The van der Waals surface area contributed by atoms with Gasteiger partial charge in [-0.25, -0.2) is 4.79 Å². The van der Waals surface area contributed by atoms with Crippen molar-refractivity contribution >= 4 is 23.3 Å². The molecule has 0 saturated heterocycles. The van der Waals surface area contributed by atoms with Crippen LogP contribution in [-0.2, 0) is 14.4 Å². The number of aliphatic carboxylic acids is 1. The molecule has 5 rings (SSSR count). The third kappa shape index (κ3) is 5.31. The van der Waals surface area contributed by atoms with Gasteiger partial charge in [0.05, 0.1) is 10.6 Å². The van der Waals surface area contributed by atoms with E-state index in [1.807, 2.05) is 0 Å². The van der Waals surface area contributed by atoms with Crippen molar-refractivity contribution in [2.24, 2.45) is 33.7 Å². The molecule has 3 saturated carbocycles. The molecule has 0 bridgehead atoms. The number of terminal acetylenes is 1. The lowest BCUT2D eigenvalue weighted by molar-refractivity contribution is -0.385. The Morgan fingerprint density at radius 2 is 1.95 bits per heavy atom. The molecule has 0 radical (unpaired) electrons. The van der Waals surface area contributed by atoms with Crippen LogP contribution in [0.3, 0.4) is 0 Å². The van der Waals surface area contributed by atoms with Crippen LogP contribution in [0, 0.1) is 51.0 Å². The van der Waals surface area contributed by atoms with Crippen LogP contribution in [0.1, 0.15) is 76.9 Å². The number of nitro groups is 1. The van der Waals surface area contributed by atoms with E-state index in [2.05, 4.69) is 36.3 Å². The number of hydrogen-bond donors (Lipinski definition) is 4. The van der Waals surface area contributed by atoms with Gasteiger partial charge in [0.1, 0.15) is 11.7 Å². The Hall–Kier alpha value is -3.75. The van der Waals surface area contributed by atoms with Gasteiger partial charge in [-0.1, -0.05) is 42.6 Å². The number of aliphatic hydroxyl groups is 2. The summed E-state index contributed by atoms with van der Waals surface area (Å²) in [6.45, 7) is 3.96. The number of carbonyl (C=O) groups excluding carboxylic acids is 1. The van der Waals surface area contributed by atoms with Crippen LogP contribution < -0.4 is 5.32 Å². The number of nitrogens with zero attached hydrogens (tertiary/aromatic N) is 2. The highest BCUT2D eigenvalue weighted by molar-refractivity contribution is 5.96. The summed E-state index contributed by atoms with van der Waals surface area (Å²) in [5.41, 5.74) is 0.464. The predicted octanol–water partition coefficient (Wildman–Crippen LogP) is 3.90. The number of aliphatic hydroxyl groups excluding tert-OH is 1. The minimum Gasteiger partial charge on any atom is -0.480 e. The number of nitro benzene ring substituents is 1. The number of oxime groups is 1. The van der Waals surface area contributed by atoms with Gasteiger partial charge in [-0.15, -0.1) is 6.42 Å². The Kier molecular flexibility index (Phi) is 8.13. The van der Waals surface area contributed by atoms with Crippen molar-refractivity contribution in [3.8, 4) is 12.3 Å². The number of allylic oxidation sites excluding steroid dienone is 2. The van der Waals surface area contributed by atoms with Crippen LogP contribution in [-0.4, -0.2) is 56.1 Å². The molecule has 3 fully saturated rings. The standard InChI is InChI=1S/C32H39N3O8/c1-4-32(40)15-12-25-23-9-8-20-17-21(10-13-30(20,2)24(23)11-14-31(25,32)3)34-43-18-26(36)33-27(29(38)39)28(37)19-6-5-7-22(16-19)35(41)42/h1,5-7,16-17,23-25,27-28,37,40H,8-15,18H2,2-3H3,(H,33,36)(H,38,39)/b34-21-/t23-,24+,25-,27+,28+,30+,31+,32+/m1/s1. The van der Waals surface area contributed by atoms with Gasteiger partial charge in [0.2, 0.25) is 0 Å². The van der Waals surface area contributed by atoms with E-state index in [1.165, 1.54) is 23.8 Å². The Labute approximate surface area is 250 Å². The summed E-state index contributed by atoms with van der Waals surface area (Å²) < 4.78 is 0. The van der Waals surface area contributed by atoms with Crippen molar-refractivity contribution in [3.63, 3.8) is 0 Å². The Balaban J connectivity index is 1.21. The fourth-order valence-corrected chi connectivity index (χ4v) is 8.58. The molecule has 11 heteroatoms. The van der Waals surface area contributed by atoms with E-state index < -0.39 is 41.2 Å². The highest BCUT2D eigenvalue weighted by Gasteiger charge is 2.63. The van der Waals surface area contributed by atoms with Crippen LogP contribution >= 0.6 is 0 Å². The van der Waals surface area contributed by atoms with Crippen LogP contribution in [0.5, 0.6) is 0 Å². The summed E-state index contributed by atoms with van der Waals surface area (Å²) in [6.07, 6.45) is 13.2. The molecule has 0 aliphatic heterocycles. The van der Waals surface area contributed by atoms with Gasteiger partial charge in [0, 0.05) is 17.5 Å². The maximum absolute atomic E-state index is 12.5. The Morgan fingerprint density at radius 1 is 1.21 bits per heavy atom. The molecule has 11 nitrogen and oxygen atoms in total. The van der Waals surface area contributed by atoms with Gasteiger partial charge in [-0.05, 0) is 86.2 Å². The van der Waals surface area contributed by atoms with E-state index in [1.54, 1.807) is 0 Å². The average molecular weight is 594 g/mol. The van der Waals surface area contributed by atoms with Crippen LogP contribution in [0.4, 0.5) is 5.69 Å². The third-order valence-corrected chi connectivity index (χ3v) is 11.1. The lowest BCUT2D eigenvalue weighted by atomic mass is 9.46. The molecule has 43 heavy (non-hydrogen) atoms. The second kappa shape index (κ2) is 11.4. The molecule has 0 unspecified atom stereocenters. The van der Waals surface area contributed by atoms with Crippen molar-refractivity contribution in [2.75, 3.05) is 6.61 Å². The molecule has 0 heterocycles. The zero-order chi connectivity index (χ0) is 31.2. The van der Waals surface area contributed by atoms with E-state index in [0.717, 1.165) is 44.6 Å². The lowest BCUT2D eigenvalue weighted by Gasteiger charge is -2.58. The van der Waals surface area contributed by atoms with Crippen molar-refractivity contribution in [1.82, 2.24) is 5.32 Å². The average Bonchev–Trinajstić information content (AvgIpc) is 3.26. The smallest absolute Gasteiger partial charge is 0.329 e. The van der Waals surface area contributed by atoms with E-state index in [9.17, 15) is 35.0 Å². The lowest BCUT2D eigenvalue weighted by Crippen LogP contribution is -2.54. The fraction of sp³-hybridized carbons (Fsp3) is 0.594. The first-order valence-electron chi connectivity index (χ1n) is 14.9. The molecule has 230 valence electrons. The van der Waals surface area contributed by atoms with E-state index in [-0.39, 0.29) is 22.1 Å². The first-order valence-corrected chi connectivity index (χ1v) is 14.9. The van der Waals surface area contributed by atoms with Gasteiger partial charge >= 0.3 is 5.97 Å². The Morgan fingerprint density at radius 3 is 2.65 bits per heavy atom. The summed E-state index contributed by atoms with van der Waals surface area (Å²) in [5, 5.41) is 48.7. The van der Waals surface area contributed by atoms with Gasteiger partial charge < -0.3 is 25.5 Å². The molecule has 1 amide bonds. The zero-order valence-electron chi connectivity index (χ0n) is 24.5. The number of fused-ring (bicyclic) bond motifs is 5. The molecular formula is C32H39N3O8. The number of rotatable bonds is 8. The number of carboxylic acid groups (broad SMARTS) is 1. The number of carboxylic acids is 1. The summed E-state index contributed by atoms with van der Waals surface area (Å²) in [5.74, 6) is 1.85. The SMILES string of the molecule is C#C[C@]1(O)CC[C@@H]2[C@@H]3CCC4=C/C(=N\OCC(=O)N[C@H](C(=O)O)[C@@H](O)c5cccc([N+](=O)[O-])c5)CC[C@]4(C)[C@H]3CC[C@@]21C. The van der Waals surface area contributed by atoms with E-state index >= 15 is 0 Å². The van der Waals surface area contributed by atoms with Crippen molar-refractivity contribution in [3.05, 3.63) is 51.6 Å². The number of amides is 1. The monoisotopic (exact) mass is 593 g/mol. The van der Waals surface area contributed by atoms with Gasteiger partial charge in [-0.2, -0.15) is 0 Å². The minimum atomic E-state index is -1.74. The third-order valence-electron chi connectivity index (χ3n) is 11.1. The first kappa shape index (κ1) is 30.7. The van der Waals surface area contributed by atoms with Crippen LogP contribution in [0.25, 0.3) is 0 Å². The predicted molar refractivity (Wildman–Crippen MR) is 156 cm³/mol. The van der Waals surface area contributed by atoms with Crippen molar-refractivity contribution in [2.45, 2.75) is 83.0 Å². The summed E-state index contributed by atoms with van der Waals surface area (Å²) in [4.78, 5) is 39.9. The second-order valence-electron chi connectivity index (χ2n) is 13.0. The van der Waals surface area contributed by atoms with Gasteiger partial charge in [0.15, 0.2) is 12.6 Å². The number of non-ortho nitro benzene ring substituents is 1. The molecule has 8 atom stereocenters.